The monoisotopic (exact) mass is 219 g/mol. The van der Waals surface area contributed by atoms with Crippen LogP contribution in [0.15, 0.2) is 18.2 Å². The van der Waals surface area contributed by atoms with Gasteiger partial charge in [-0.1, -0.05) is 6.07 Å². The van der Waals surface area contributed by atoms with E-state index in [0.29, 0.717) is 5.56 Å². The van der Waals surface area contributed by atoms with Crippen LogP contribution >= 0.6 is 0 Å². The van der Waals surface area contributed by atoms with E-state index in [1.807, 2.05) is 12.1 Å². The summed E-state index contributed by atoms with van der Waals surface area (Å²) in [7, 11) is 0. The first-order valence-corrected chi connectivity index (χ1v) is 5.28. The van der Waals surface area contributed by atoms with Crippen LogP contribution in [0.3, 0.4) is 0 Å². The van der Waals surface area contributed by atoms with Crippen molar-refractivity contribution in [3.63, 3.8) is 0 Å². The number of aliphatic carboxylic acids is 1. The molecule has 16 heavy (non-hydrogen) atoms. The average Bonchev–Trinajstić information content (AvgIpc) is 2.72. The number of carboxylic acid groups (broad SMARTS) is 1. The molecule has 0 heterocycles. The maximum absolute atomic E-state index is 11.6. The molecule has 2 N–H and O–H groups in total. The lowest BCUT2D eigenvalue weighted by Gasteiger charge is -2.04. The second kappa shape index (κ2) is 4.35. The lowest BCUT2D eigenvalue weighted by atomic mass is 10.1. The molecule has 4 nitrogen and oxygen atoms in total. The molecule has 0 spiro atoms. The highest BCUT2D eigenvalue weighted by atomic mass is 16.4. The molecule has 0 aliphatic heterocycles. The van der Waals surface area contributed by atoms with Crippen LogP contribution in [0.25, 0.3) is 0 Å². The highest BCUT2D eigenvalue weighted by Crippen LogP contribution is 2.22. The summed E-state index contributed by atoms with van der Waals surface area (Å²) < 4.78 is 0. The van der Waals surface area contributed by atoms with Crippen molar-refractivity contribution in [3.05, 3.63) is 34.9 Å². The van der Waals surface area contributed by atoms with Crippen molar-refractivity contribution in [2.45, 2.75) is 19.3 Å². The van der Waals surface area contributed by atoms with Crippen LogP contribution in [0.5, 0.6) is 0 Å². The van der Waals surface area contributed by atoms with Gasteiger partial charge in [-0.05, 0) is 42.5 Å². The van der Waals surface area contributed by atoms with E-state index in [9.17, 15) is 9.59 Å². The molecule has 0 aromatic heterocycles. The number of aryl methyl sites for hydroxylation is 2. The molecule has 0 fully saturated rings. The van der Waals surface area contributed by atoms with Gasteiger partial charge in [0.15, 0.2) is 0 Å². The molecule has 0 saturated carbocycles. The molecule has 0 saturated heterocycles. The van der Waals surface area contributed by atoms with Gasteiger partial charge in [0, 0.05) is 5.56 Å². The van der Waals surface area contributed by atoms with Crippen molar-refractivity contribution in [2.75, 3.05) is 6.54 Å². The van der Waals surface area contributed by atoms with Gasteiger partial charge in [0.05, 0.1) is 0 Å². The Hall–Kier alpha value is -1.84. The fraction of sp³-hybridized carbons (Fsp3) is 0.333. The van der Waals surface area contributed by atoms with Gasteiger partial charge in [0.1, 0.15) is 6.54 Å². The zero-order chi connectivity index (χ0) is 11.5. The maximum atomic E-state index is 11.6. The molecule has 84 valence electrons. The van der Waals surface area contributed by atoms with E-state index in [-0.39, 0.29) is 12.5 Å². The number of hydrogen-bond donors (Lipinski definition) is 2. The SMILES string of the molecule is O=C(O)CNC(=O)c1ccc2c(c1)CCC2. The number of benzene rings is 1. The number of carboxylic acids is 1. The third kappa shape index (κ3) is 2.21. The largest absolute Gasteiger partial charge is 0.480 e. The highest BCUT2D eigenvalue weighted by Gasteiger charge is 2.14. The van der Waals surface area contributed by atoms with Crippen molar-refractivity contribution in [1.29, 1.82) is 0 Å². The molecule has 1 aliphatic carbocycles. The van der Waals surface area contributed by atoms with Gasteiger partial charge in [-0.3, -0.25) is 9.59 Å². The molecule has 0 radical (unpaired) electrons. The van der Waals surface area contributed by atoms with E-state index < -0.39 is 5.97 Å². The predicted octanol–water partition coefficient (Wildman–Crippen LogP) is 0.990. The third-order valence-corrected chi connectivity index (χ3v) is 2.76. The van der Waals surface area contributed by atoms with Crippen molar-refractivity contribution in [1.82, 2.24) is 5.32 Å². The van der Waals surface area contributed by atoms with Gasteiger partial charge >= 0.3 is 5.97 Å². The lowest BCUT2D eigenvalue weighted by molar-refractivity contribution is -0.135. The molecule has 2 rings (SSSR count). The van der Waals surface area contributed by atoms with Crippen LogP contribution < -0.4 is 5.32 Å². The van der Waals surface area contributed by atoms with Gasteiger partial charge in [0.2, 0.25) is 0 Å². The molecule has 0 unspecified atom stereocenters. The molecular weight excluding hydrogens is 206 g/mol. The summed E-state index contributed by atoms with van der Waals surface area (Å²) in [4.78, 5) is 21.9. The van der Waals surface area contributed by atoms with E-state index in [0.717, 1.165) is 19.3 Å². The topological polar surface area (TPSA) is 66.4 Å². The van der Waals surface area contributed by atoms with Gasteiger partial charge in [0.25, 0.3) is 5.91 Å². The number of fused-ring (bicyclic) bond motifs is 1. The average molecular weight is 219 g/mol. The van der Waals surface area contributed by atoms with E-state index in [1.54, 1.807) is 6.07 Å². The number of carbonyl (C=O) groups excluding carboxylic acids is 1. The number of rotatable bonds is 3. The smallest absolute Gasteiger partial charge is 0.322 e. The maximum Gasteiger partial charge on any atom is 0.322 e. The first-order chi connectivity index (χ1) is 7.66. The van der Waals surface area contributed by atoms with Crippen LogP contribution in [0, 0.1) is 0 Å². The third-order valence-electron chi connectivity index (χ3n) is 2.76. The molecule has 1 aromatic rings. The van der Waals surface area contributed by atoms with Crippen LogP contribution in [0.2, 0.25) is 0 Å². The first-order valence-electron chi connectivity index (χ1n) is 5.28. The lowest BCUT2D eigenvalue weighted by Crippen LogP contribution is -2.29. The minimum atomic E-state index is -1.03. The molecule has 1 amide bonds. The molecular formula is C12H13NO3. The van der Waals surface area contributed by atoms with E-state index in [1.165, 1.54) is 11.1 Å². The Bertz CT molecular complexity index is 440. The van der Waals surface area contributed by atoms with Gasteiger partial charge in [-0.25, -0.2) is 0 Å². The van der Waals surface area contributed by atoms with Gasteiger partial charge in [-0.15, -0.1) is 0 Å². The number of nitrogens with one attached hydrogen (secondary N) is 1. The minimum absolute atomic E-state index is 0.322. The van der Waals surface area contributed by atoms with Gasteiger partial charge < -0.3 is 10.4 Å². The zero-order valence-electron chi connectivity index (χ0n) is 8.82. The van der Waals surface area contributed by atoms with Crippen molar-refractivity contribution in [3.8, 4) is 0 Å². The normalized spacial score (nSPS) is 13.2. The number of amides is 1. The Kier molecular flexibility index (Phi) is 2.90. The van der Waals surface area contributed by atoms with Crippen molar-refractivity contribution in [2.24, 2.45) is 0 Å². The van der Waals surface area contributed by atoms with E-state index in [4.69, 9.17) is 5.11 Å². The Labute approximate surface area is 93.3 Å². The quantitative estimate of drug-likeness (QED) is 0.796. The van der Waals surface area contributed by atoms with E-state index in [2.05, 4.69) is 5.32 Å². The molecule has 0 atom stereocenters. The number of carbonyl (C=O) groups is 2. The Balaban J connectivity index is 2.09. The van der Waals surface area contributed by atoms with Crippen LogP contribution in [0.1, 0.15) is 27.9 Å². The van der Waals surface area contributed by atoms with Crippen molar-refractivity contribution < 1.29 is 14.7 Å². The molecule has 1 aromatic carbocycles. The standard InChI is InChI=1S/C12H13NO3/c14-11(15)7-13-12(16)10-5-4-8-2-1-3-9(8)6-10/h4-6H,1-3,7H2,(H,13,16)(H,14,15). The predicted molar refractivity (Wildman–Crippen MR) is 58.4 cm³/mol. The summed E-state index contributed by atoms with van der Waals surface area (Å²) >= 11 is 0. The summed E-state index contributed by atoms with van der Waals surface area (Å²) in [6.07, 6.45) is 3.22. The number of hydrogen-bond acceptors (Lipinski definition) is 2. The first kappa shape index (κ1) is 10.7. The fourth-order valence-electron chi connectivity index (χ4n) is 1.97. The Morgan fingerprint density at radius 3 is 2.75 bits per heavy atom. The summed E-state index contributed by atoms with van der Waals surface area (Å²) in [5.74, 6) is -1.35. The summed E-state index contributed by atoms with van der Waals surface area (Å²) in [5, 5.41) is 10.8. The Morgan fingerprint density at radius 2 is 2.00 bits per heavy atom. The molecule has 0 bridgehead atoms. The molecule has 1 aliphatic rings. The fourth-order valence-corrected chi connectivity index (χ4v) is 1.97. The van der Waals surface area contributed by atoms with Gasteiger partial charge in [-0.2, -0.15) is 0 Å². The minimum Gasteiger partial charge on any atom is -0.480 e. The Morgan fingerprint density at radius 1 is 1.25 bits per heavy atom. The summed E-state index contributed by atoms with van der Waals surface area (Å²) in [6.45, 7) is -0.337. The second-order valence-corrected chi connectivity index (χ2v) is 3.91. The van der Waals surface area contributed by atoms with Crippen LogP contribution in [-0.4, -0.2) is 23.5 Å². The summed E-state index contributed by atoms with van der Waals surface area (Å²) in [5.41, 5.74) is 3.06. The second-order valence-electron chi connectivity index (χ2n) is 3.91. The molecule has 4 heteroatoms. The highest BCUT2D eigenvalue weighted by molar-refractivity contribution is 5.96. The summed E-state index contributed by atoms with van der Waals surface area (Å²) in [6, 6.07) is 5.57. The zero-order valence-corrected chi connectivity index (χ0v) is 8.82. The van der Waals surface area contributed by atoms with Crippen LogP contribution in [0.4, 0.5) is 0 Å². The van der Waals surface area contributed by atoms with E-state index >= 15 is 0 Å². The van der Waals surface area contributed by atoms with Crippen molar-refractivity contribution >= 4 is 11.9 Å². The van der Waals surface area contributed by atoms with Crippen LogP contribution in [-0.2, 0) is 17.6 Å².